The largest absolute Gasteiger partial charge is 0.411 e. The molecule has 0 amide bonds. The Balaban J connectivity index is 2.54. The molecule has 7 heteroatoms. The van der Waals surface area contributed by atoms with E-state index in [2.05, 4.69) is 10.2 Å². The van der Waals surface area contributed by atoms with Crippen molar-refractivity contribution in [2.45, 2.75) is 25.6 Å². The maximum atomic E-state index is 13.1. The summed E-state index contributed by atoms with van der Waals surface area (Å²) in [6.07, 6.45) is -4.08. The SMILES string of the molecule is Cc1ccc(F)cc1CC(COCC(F)(F)F)NN. The first-order valence-corrected chi connectivity index (χ1v) is 5.67. The number of aryl methyl sites for hydroxylation is 1. The third-order valence-electron chi connectivity index (χ3n) is 2.60. The van der Waals surface area contributed by atoms with Crippen LogP contribution in [0.4, 0.5) is 17.6 Å². The fourth-order valence-corrected chi connectivity index (χ4v) is 1.61. The highest BCUT2D eigenvalue weighted by Gasteiger charge is 2.27. The molecule has 0 aliphatic carbocycles. The Bertz CT molecular complexity index is 409. The molecule has 0 aliphatic heterocycles. The van der Waals surface area contributed by atoms with Gasteiger partial charge in [0.1, 0.15) is 12.4 Å². The van der Waals surface area contributed by atoms with Gasteiger partial charge in [-0.25, -0.2) is 4.39 Å². The van der Waals surface area contributed by atoms with Crippen LogP contribution in [0.5, 0.6) is 0 Å². The minimum Gasteiger partial charge on any atom is -0.370 e. The Hall–Kier alpha value is -1.18. The van der Waals surface area contributed by atoms with Crippen molar-refractivity contribution in [3.05, 3.63) is 35.1 Å². The normalized spacial score (nSPS) is 13.6. The monoisotopic (exact) mass is 280 g/mol. The molecule has 0 fully saturated rings. The van der Waals surface area contributed by atoms with Gasteiger partial charge in [-0.2, -0.15) is 13.2 Å². The van der Waals surface area contributed by atoms with Crippen LogP contribution >= 0.6 is 0 Å². The van der Waals surface area contributed by atoms with E-state index in [9.17, 15) is 17.6 Å². The lowest BCUT2D eigenvalue weighted by Crippen LogP contribution is -2.41. The summed E-state index contributed by atoms with van der Waals surface area (Å²) in [5.74, 6) is 4.86. The Morgan fingerprint density at radius 3 is 2.63 bits per heavy atom. The number of ether oxygens (including phenoxy) is 1. The van der Waals surface area contributed by atoms with Crippen molar-refractivity contribution in [1.82, 2.24) is 5.43 Å². The summed E-state index contributed by atoms with van der Waals surface area (Å²) in [4.78, 5) is 0. The Morgan fingerprint density at radius 2 is 2.05 bits per heavy atom. The number of benzene rings is 1. The van der Waals surface area contributed by atoms with Crippen molar-refractivity contribution >= 4 is 0 Å². The van der Waals surface area contributed by atoms with Crippen molar-refractivity contribution in [1.29, 1.82) is 0 Å². The Morgan fingerprint density at radius 1 is 1.37 bits per heavy atom. The molecule has 0 saturated heterocycles. The lowest BCUT2D eigenvalue weighted by molar-refractivity contribution is -0.175. The fourth-order valence-electron chi connectivity index (χ4n) is 1.61. The number of rotatable bonds is 6. The molecule has 0 aliphatic rings. The lowest BCUT2D eigenvalue weighted by atomic mass is 10.0. The Labute approximate surface area is 108 Å². The van der Waals surface area contributed by atoms with E-state index in [4.69, 9.17) is 5.84 Å². The average molecular weight is 280 g/mol. The highest BCUT2D eigenvalue weighted by atomic mass is 19.4. The summed E-state index contributed by atoms with van der Waals surface area (Å²) in [6, 6.07) is 3.75. The van der Waals surface area contributed by atoms with Crippen molar-refractivity contribution in [3.8, 4) is 0 Å². The standard InChI is InChI=1S/C12H16F4N2O/c1-8-2-3-10(13)4-9(8)5-11(18-17)6-19-7-12(14,15)16/h2-4,11,18H,5-7,17H2,1H3. The van der Waals surface area contributed by atoms with Gasteiger partial charge in [0.15, 0.2) is 0 Å². The maximum absolute atomic E-state index is 13.1. The second kappa shape index (κ2) is 6.83. The summed E-state index contributed by atoms with van der Waals surface area (Å²) >= 11 is 0. The summed E-state index contributed by atoms with van der Waals surface area (Å²) < 4.78 is 53.4. The van der Waals surface area contributed by atoms with Gasteiger partial charge in [0.2, 0.25) is 0 Å². The van der Waals surface area contributed by atoms with Gasteiger partial charge in [0.25, 0.3) is 0 Å². The molecule has 1 atom stereocenters. The van der Waals surface area contributed by atoms with Crippen LogP contribution < -0.4 is 11.3 Å². The number of nitrogens with two attached hydrogens (primary N) is 1. The molecule has 1 unspecified atom stereocenters. The lowest BCUT2D eigenvalue weighted by Gasteiger charge is -2.18. The number of halogens is 4. The highest BCUT2D eigenvalue weighted by molar-refractivity contribution is 5.27. The molecular formula is C12H16F4N2O. The summed E-state index contributed by atoms with van der Waals surface area (Å²) in [5.41, 5.74) is 3.89. The second-order valence-electron chi connectivity index (χ2n) is 4.27. The van der Waals surface area contributed by atoms with Crippen LogP contribution in [0.25, 0.3) is 0 Å². The molecule has 19 heavy (non-hydrogen) atoms. The molecule has 0 heterocycles. The van der Waals surface area contributed by atoms with Crippen LogP contribution in [0.1, 0.15) is 11.1 Å². The quantitative estimate of drug-likeness (QED) is 0.476. The number of hydrogen-bond donors (Lipinski definition) is 2. The van der Waals surface area contributed by atoms with Gasteiger partial charge in [-0.15, -0.1) is 0 Å². The van der Waals surface area contributed by atoms with E-state index < -0.39 is 24.6 Å². The topological polar surface area (TPSA) is 47.3 Å². The van der Waals surface area contributed by atoms with E-state index in [-0.39, 0.29) is 13.0 Å². The van der Waals surface area contributed by atoms with Crippen LogP contribution in [0.2, 0.25) is 0 Å². The first-order chi connectivity index (χ1) is 8.81. The maximum Gasteiger partial charge on any atom is 0.411 e. The zero-order valence-electron chi connectivity index (χ0n) is 10.4. The van der Waals surface area contributed by atoms with Gasteiger partial charge in [-0.05, 0) is 36.6 Å². The smallest absolute Gasteiger partial charge is 0.370 e. The molecule has 1 aromatic carbocycles. The fraction of sp³-hybridized carbons (Fsp3) is 0.500. The zero-order chi connectivity index (χ0) is 14.5. The van der Waals surface area contributed by atoms with Gasteiger partial charge >= 0.3 is 6.18 Å². The van der Waals surface area contributed by atoms with Gasteiger partial charge in [0, 0.05) is 6.04 Å². The summed E-state index contributed by atoms with van der Waals surface area (Å²) in [5, 5.41) is 0. The predicted molar refractivity (Wildman–Crippen MR) is 62.8 cm³/mol. The first kappa shape index (κ1) is 15.9. The molecule has 1 rings (SSSR count). The van der Waals surface area contributed by atoms with Crippen LogP contribution in [0, 0.1) is 12.7 Å². The van der Waals surface area contributed by atoms with Gasteiger partial charge in [-0.1, -0.05) is 6.07 Å². The molecule has 3 nitrogen and oxygen atoms in total. The van der Waals surface area contributed by atoms with Crippen LogP contribution in [0.15, 0.2) is 18.2 Å². The van der Waals surface area contributed by atoms with Crippen molar-refractivity contribution in [2.75, 3.05) is 13.2 Å². The van der Waals surface area contributed by atoms with Crippen LogP contribution in [0.3, 0.4) is 0 Å². The molecule has 0 saturated carbocycles. The van der Waals surface area contributed by atoms with E-state index in [0.717, 1.165) is 5.56 Å². The van der Waals surface area contributed by atoms with E-state index >= 15 is 0 Å². The van der Waals surface area contributed by atoms with Crippen molar-refractivity contribution < 1.29 is 22.3 Å². The third-order valence-corrected chi connectivity index (χ3v) is 2.60. The van der Waals surface area contributed by atoms with E-state index in [0.29, 0.717) is 5.56 Å². The van der Waals surface area contributed by atoms with Crippen LogP contribution in [-0.4, -0.2) is 25.4 Å². The molecule has 3 N–H and O–H groups in total. The molecular weight excluding hydrogens is 264 g/mol. The van der Waals surface area contributed by atoms with E-state index in [1.165, 1.54) is 12.1 Å². The van der Waals surface area contributed by atoms with Gasteiger partial charge in [0.05, 0.1) is 6.61 Å². The van der Waals surface area contributed by atoms with Crippen LogP contribution in [-0.2, 0) is 11.2 Å². The predicted octanol–water partition coefficient (Wildman–Crippen LogP) is 2.09. The highest BCUT2D eigenvalue weighted by Crippen LogP contribution is 2.16. The Kier molecular flexibility index (Phi) is 5.71. The number of alkyl halides is 3. The average Bonchev–Trinajstić information content (AvgIpc) is 2.30. The number of hydrogen-bond acceptors (Lipinski definition) is 3. The minimum absolute atomic E-state index is 0.202. The second-order valence-corrected chi connectivity index (χ2v) is 4.27. The third kappa shape index (κ3) is 6.00. The van der Waals surface area contributed by atoms with E-state index in [1.54, 1.807) is 13.0 Å². The van der Waals surface area contributed by atoms with Gasteiger partial charge < -0.3 is 4.74 Å². The van der Waals surface area contributed by atoms with Gasteiger partial charge in [-0.3, -0.25) is 11.3 Å². The number of nitrogens with one attached hydrogen (secondary N) is 1. The molecule has 108 valence electrons. The zero-order valence-corrected chi connectivity index (χ0v) is 10.4. The summed E-state index contributed by atoms with van der Waals surface area (Å²) in [6.45, 7) is 0.262. The molecule has 0 radical (unpaired) electrons. The first-order valence-electron chi connectivity index (χ1n) is 5.67. The van der Waals surface area contributed by atoms with Crippen molar-refractivity contribution in [2.24, 2.45) is 5.84 Å². The molecule has 1 aromatic rings. The minimum atomic E-state index is -4.37. The van der Waals surface area contributed by atoms with Crippen molar-refractivity contribution in [3.63, 3.8) is 0 Å². The number of hydrazine groups is 1. The molecule has 0 spiro atoms. The molecule has 0 bridgehead atoms. The molecule has 0 aromatic heterocycles. The van der Waals surface area contributed by atoms with E-state index in [1.807, 2.05) is 0 Å². The summed E-state index contributed by atoms with van der Waals surface area (Å²) in [7, 11) is 0.